The van der Waals surface area contributed by atoms with Crippen molar-refractivity contribution in [3.63, 3.8) is 0 Å². The van der Waals surface area contributed by atoms with Crippen molar-refractivity contribution in [2.45, 2.75) is 30.6 Å². The molecule has 1 aliphatic heterocycles. The maximum Gasteiger partial charge on any atom is 0.355 e. The van der Waals surface area contributed by atoms with Gasteiger partial charge in [-0.1, -0.05) is 36.0 Å². The predicted molar refractivity (Wildman–Crippen MR) is 121 cm³/mol. The number of carbonyl (C=O) groups is 3. The molecule has 0 saturated carbocycles. The minimum absolute atomic E-state index is 0.207. The summed E-state index contributed by atoms with van der Waals surface area (Å²) < 4.78 is 10.4. The summed E-state index contributed by atoms with van der Waals surface area (Å²) in [5.41, 5.74) is 2.85. The van der Waals surface area contributed by atoms with Crippen LogP contribution in [0.5, 0.6) is 0 Å². The molecule has 1 N–H and O–H groups in total. The average molecular weight is 451 g/mol. The van der Waals surface area contributed by atoms with E-state index in [1.165, 1.54) is 0 Å². The van der Waals surface area contributed by atoms with Gasteiger partial charge in [0, 0.05) is 15.5 Å². The number of esters is 2. The summed E-state index contributed by atoms with van der Waals surface area (Å²) in [5.74, 6) is -1.58. The zero-order valence-corrected chi connectivity index (χ0v) is 18.7. The number of carbonyl (C=O) groups excluding carboxylic acids is 3. The first-order valence-electron chi connectivity index (χ1n) is 10.1. The van der Waals surface area contributed by atoms with Crippen molar-refractivity contribution < 1.29 is 23.9 Å². The quantitative estimate of drug-likeness (QED) is 0.562. The lowest BCUT2D eigenvalue weighted by molar-refractivity contribution is -0.121. The van der Waals surface area contributed by atoms with Crippen LogP contribution in [-0.2, 0) is 14.3 Å². The Balaban J connectivity index is 1.56. The van der Waals surface area contributed by atoms with E-state index in [1.807, 2.05) is 48.5 Å². The van der Waals surface area contributed by atoms with E-state index in [-0.39, 0.29) is 23.8 Å². The summed E-state index contributed by atoms with van der Waals surface area (Å²) in [5, 5.41) is 0. The second-order valence-corrected chi connectivity index (χ2v) is 8.27. The Morgan fingerprint density at radius 1 is 0.906 bits per heavy atom. The summed E-state index contributed by atoms with van der Waals surface area (Å²) in [6.07, 6.45) is 0. The fourth-order valence-electron chi connectivity index (χ4n) is 3.70. The number of nitrogens with one attached hydrogen (secondary N) is 1. The van der Waals surface area contributed by atoms with Crippen LogP contribution in [0.15, 0.2) is 58.3 Å². The van der Waals surface area contributed by atoms with Crippen molar-refractivity contribution >= 4 is 41.0 Å². The number of nitrogens with zero attached hydrogens (tertiary/aromatic N) is 1. The van der Waals surface area contributed by atoms with E-state index >= 15 is 0 Å². The van der Waals surface area contributed by atoms with E-state index in [9.17, 15) is 14.4 Å². The maximum atomic E-state index is 13.2. The highest BCUT2D eigenvalue weighted by atomic mass is 32.2. The van der Waals surface area contributed by atoms with Gasteiger partial charge in [0.05, 0.1) is 23.5 Å². The van der Waals surface area contributed by atoms with Crippen LogP contribution in [0.25, 0.3) is 0 Å². The number of aromatic nitrogens is 1. The normalized spacial score (nSPS) is 12.0. The first-order valence-corrected chi connectivity index (χ1v) is 11.0. The molecule has 32 heavy (non-hydrogen) atoms. The molecular weight excluding hydrogens is 428 g/mol. The lowest BCUT2D eigenvalue weighted by atomic mass is 10.1. The van der Waals surface area contributed by atoms with Gasteiger partial charge in [0.15, 0.2) is 6.61 Å². The standard InChI is InChI=1S/C24H22N2O5S/c1-4-30-24(29)22-14(2)21(15(3)25-22)23(28)31-13-20(27)26-16-9-5-7-11-18(16)32-19-12-8-6-10-17(19)26/h5-12,25H,4,13H2,1-3H3. The first-order chi connectivity index (χ1) is 15.4. The lowest BCUT2D eigenvalue weighted by Crippen LogP contribution is -2.32. The third kappa shape index (κ3) is 3.89. The summed E-state index contributed by atoms with van der Waals surface area (Å²) in [4.78, 5) is 44.4. The van der Waals surface area contributed by atoms with Gasteiger partial charge in [-0.3, -0.25) is 9.69 Å². The Morgan fingerprint density at radius 3 is 2.09 bits per heavy atom. The predicted octanol–water partition coefficient (Wildman–Crippen LogP) is 4.79. The average Bonchev–Trinajstić information content (AvgIpc) is 3.09. The second-order valence-electron chi connectivity index (χ2n) is 7.19. The molecule has 0 spiro atoms. The molecule has 1 aromatic heterocycles. The summed E-state index contributed by atoms with van der Waals surface area (Å²) >= 11 is 1.59. The van der Waals surface area contributed by atoms with Gasteiger partial charge in [-0.2, -0.15) is 0 Å². The number of hydrogen-bond donors (Lipinski definition) is 1. The Morgan fingerprint density at radius 2 is 1.50 bits per heavy atom. The van der Waals surface area contributed by atoms with E-state index in [4.69, 9.17) is 9.47 Å². The molecule has 0 fully saturated rings. The topological polar surface area (TPSA) is 88.7 Å². The highest BCUT2D eigenvalue weighted by molar-refractivity contribution is 7.99. The highest BCUT2D eigenvalue weighted by Crippen LogP contribution is 2.47. The van der Waals surface area contributed by atoms with E-state index < -0.39 is 18.5 Å². The molecule has 0 unspecified atom stereocenters. The Kier molecular flexibility index (Phi) is 6.05. The smallest absolute Gasteiger partial charge is 0.355 e. The second kappa shape index (κ2) is 8.92. The number of hydrogen-bond acceptors (Lipinski definition) is 6. The third-order valence-electron chi connectivity index (χ3n) is 5.13. The number of benzene rings is 2. The van der Waals surface area contributed by atoms with Gasteiger partial charge in [0.25, 0.3) is 5.91 Å². The van der Waals surface area contributed by atoms with Crippen LogP contribution in [0.2, 0.25) is 0 Å². The van der Waals surface area contributed by atoms with Crippen LogP contribution in [0.4, 0.5) is 11.4 Å². The molecular formula is C24H22N2O5S. The van der Waals surface area contributed by atoms with Crippen LogP contribution < -0.4 is 4.90 Å². The molecule has 1 amide bonds. The number of rotatable bonds is 5. The van der Waals surface area contributed by atoms with Crippen molar-refractivity contribution in [1.82, 2.24) is 4.98 Å². The molecule has 3 aromatic rings. The van der Waals surface area contributed by atoms with Gasteiger partial charge in [0.1, 0.15) is 5.69 Å². The lowest BCUT2D eigenvalue weighted by Gasteiger charge is -2.30. The maximum absolute atomic E-state index is 13.2. The van der Waals surface area contributed by atoms with E-state index in [2.05, 4.69) is 4.98 Å². The summed E-state index contributed by atoms with van der Waals surface area (Å²) in [6, 6.07) is 15.2. The molecule has 0 bridgehead atoms. The number of fused-ring (bicyclic) bond motifs is 2. The molecule has 7 nitrogen and oxygen atoms in total. The molecule has 164 valence electrons. The van der Waals surface area contributed by atoms with Gasteiger partial charge in [-0.05, 0) is 50.6 Å². The van der Waals surface area contributed by atoms with Crippen molar-refractivity contribution in [2.24, 2.45) is 0 Å². The summed E-state index contributed by atoms with van der Waals surface area (Å²) in [7, 11) is 0. The molecule has 1 aliphatic rings. The summed E-state index contributed by atoms with van der Waals surface area (Å²) in [6.45, 7) is 4.80. The zero-order chi connectivity index (χ0) is 22.8. The van der Waals surface area contributed by atoms with Crippen molar-refractivity contribution in [3.05, 3.63) is 71.0 Å². The van der Waals surface area contributed by atoms with Gasteiger partial charge in [-0.25, -0.2) is 9.59 Å². The Labute approximate surface area is 189 Å². The van der Waals surface area contributed by atoms with Crippen LogP contribution in [0, 0.1) is 13.8 Å². The highest BCUT2D eigenvalue weighted by Gasteiger charge is 2.29. The van der Waals surface area contributed by atoms with Gasteiger partial charge < -0.3 is 14.5 Å². The van der Waals surface area contributed by atoms with Gasteiger partial charge >= 0.3 is 11.9 Å². The monoisotopic (exact) mass is 450 g/mol. The minimum atomic E-state index is -0.673. The number of amides is 1. The zero-order valence-electron chi connectivity index (χ0n) is 17.9. The molecule has 2 heterocycles. The van der Waals surface area contributed by atoms with Crippen LogP contribution >= 0.6 is 11.8 Å². The van der Waals surface area contributed by atoms with Crippen molar-refractivity contribution in [1.29, 1.82) is 0 Å². The molecule has 2 aromatic carbocycles. The Bertz CT molecular complexity index is 1170. The van der Waals surface area contributed by atoms with Crippen molar-refractivity contribution in [3.8, 4) is 0 Å². The third-order valence-corrected chi connectivity index (χ3v) is 6.26. The molecule has 8 heteroatoms. The number of anilines is 2. The van der Waals surface area contributed by atoms with Gasteiger partial charge in [-0.15, -0.1) is 0 Å². The minimum Gasteiger partial charge on any atom is -0.461 e. The largest absolute Gasteiger partial charge is 0.461 e. The molecule has 0 aliphatic carbocycles. The number of ether oxygens (including phenoxy) is 2. The van der Waals surface area contributed by atoms with Crippen LogP contribution in [0.3, 0.4) is 0 Å². The Hall–Kier alpha value is -3.52. The van der Waals surface area contributed by atoms with E-state index in [0.29, 0.717) is 11.3 Å². The van der Waals surface area contributed by atoms with Crippen LogP contribution in [-0.4, -0.2) is 36.0 Å². The number of para-hydroxylation sites is 2. The fraction of sp³-hybridized carbons (Fsp3) is 0.208. The number of aromatic amines is 1. The van der Waals surface area contributed by atoms with Crippen molar-refractivity contribution in [2.75, 3.05) is 18.1 Å². The number of H-pyrrole nitrogens is 1. The molecule has 4 rings (SSSR count). The van der Waals surface area contributed by atoms with E-state index in [0.717, 1.165) is 21.2 Å². The van der Waals surface area contributed by atoms with Crippen LogP contribution in [0.1, 0.15) is 39.0 Å². The number of aryl methyl sites for hydroxylation is 1. The van der Waals surface area contributed by atoms with E-state index in [1.54, 1.807) is 37.4 Å². The fourth-order valence-corrected chi connectivity index (χ4v) is 4.76. The molecule has 0 atom stereocenters. The first kappa shape index (κ1) is 21.7. The molecule has 0 radical (unpaired) electrons. The SMILES string of the molecule is CCOC(=O)c1[nH]c(C)c(C(=O)OCC(=O)N2c3ccccc3Sc3ccccc32)c1C. The molecule has 0 saturated heterocycles. The van der Waals surface area contributed by atoms with Gasteiger partial charge in [0.2, 0.25) is 0 Å².